The van der Waals surface area contributed by atoms with Crippen molar-refractivity contribution in [1.82, 2.24) is 19.6 Å². The third kappa shape index (κ3) is 4.83. The zero-order valence-electron chi connectivity index (χ0n) is 21.6. The summed E-state index contributed by atoms with van der Waals surface area (Å²) in [4.78, 5) is 30.8. The molecule has 0 radical (unpaired) electrons. The summed E-state index contributed by atoms with van der Waals surface area (Å²) >= 11 is 6.05. The van der Waals surface area contributed by atoms with Gasteiger partial charge in [-0.05, 0) is 56.7 Å². The van der Waals surface area contributed by atoms with Crippen LogP contribution < -0.4 is 4.74 Å². The van der Waals surface area contributed by atoms with Gasteiger partial charge in [-0.2, -0.15) is 19.1 Å². The van der Waals surface area contributed by atoms with Crippen LogP contribution in [0, 0.1) is 11.3 Å². The Hall–Kier alpha value is -3.97. The van der Waals surface area contributed by atoms with Gasteiger partial charge in [0.2, 0.25) is 0 Å². The van der Waals surface area contributed by atoms with E-state index in [-0.39, 0.29) is 52.8 Å². The summed E-state index contributed by atoms with van der Waals surface area (Å²) in [5, 5.41) is 14.4. The second-order valence-electron chi connectivity index (χ2n) is 9.94. The molecule has 0 N–H and O–H groups in total. The SMILES string of the molecule is CC(c1ccc(OC(F)F)cc1)N1C[C@@H](C)n2nc3c(c2C1=O)CN(C(=O)c1ccc(Cl)c(C#N)c1)[C@H](C)C3. The van der Waals surface area contributed by atoms with Gasteiger partial charge in [0.25, 0.3) is 11.8 Å². The Kier molecular flexibility index (Phi) is 7.03. The number of amides is 2. The zero-order valence-corrected chi connectivity index (χ0v) is 22.3. The summed E-state index contributed by atoms with van der Waals surface area (Å²) in [6.07, 6.45) is 0.487. The van der Waals surface area contributed by atoms with Gasteiger partial charge in [-0.15, -0.1) is 0 Å². The van der Waals surface area contributed by atoms with Gasteiger partial charge in [0.15, 0.2) is 0 Å². The molecule has 0 bridgehead atoms. The van der Waals surface area contributed by atoms with E-state index in [4.69, 9.17) is 16.7 Å². The van der Waals surface area contributed by atoms with Crippen LogP contribution in [-0.2, 0) is 13.0 Å². The molecule has 0 aliphatic carbocycles. The number of hydrogen-bond donors (Lipinski definition) is 0. The van der Waals surface area contributed by atoms with Gasteiger partial charge in [-0.1, -0.05) is 23.7 Å². The summed E-state index contributed by atoms with van der Waals surface area (Å²) in [6.45, 7) is 3.51. The van der Waals surface area contributed by atoms with Crippen LogP contribution in [0.2, 0.25) is 5.02 Å². The molecule has 2 aromatic carbocycles. The van der Waals surface area contributed by atoms with Gasteiger partial charge in [0.1, 0.15) is 17.5 Å². The molecular formula is C28H26ClF2N5O3. The van der Waals surface area contributed by atoms with Crippen molar-refractivity contribution in [3.05, 3.63) is 81.1 Å². The number of alkyl halides is 2. The van der Waals surface area contributed by atoms with Crippen LogP contribution in [0.1, 0.15) is 76.1 Å². The molecule has 2 amide bonds. The maximum Gasteiger partial charge on any atom is 0.387 e. The molecule has 2 aliphatic heterocycles. The number of benzene rings is 2. The van der Waals surface area contributed by atoms with Crippen molar-refractivity contribution in [2.75, 3.05) is 6.54 Å². The molecule has 2 aliphatic rings. The lowest BCUT2D eigenvalue weighted by atomic mass is 9.96. The van der Waals surface area contributed by atoms with Crippen LogP contribution in [0.5, 0.6) is 5.75 Å². The Bertz CT molecular complexity index is 1480. The van der Waals surface area contributed by atoms with Gasteiger partial charge in [0.05, 0.1) is 34.9 Å². The van der Waals surface area contributed by atoms with E-state index in [1.54, 1.807) is 32.7 Å². The largest absolute Gasteiger partial charge is 0.435 e. The second kappa shape index (κ2) is 10.3. The Morgan fingerprint density at radius 3 is 2.56 bits per heavy atom. The standard InChI is InChI=1S/C28H26ClF2N5O3/c1-15-10-24-22(14-34(15)26(37)19-6-9-23(29)20(11-19)12-32)25-27(38)35(13-16(2)36(25)33-24)17(3)18-4-7-21(8-5-18)39-28(30)31/h4-9,11,15-17,28H,10,13-14H2,1-3H3/t15-,16-,17?/m1/s1. The minimum atomic E-state index is -2.91. The highest BCUT2D eigenvalue weighted by Gasteiger charge is 2.40. The number of ether oxygens (including phenoxy) is 1. The van der Waals surface area contributed by atoms with Gasteiger partial charge < -0.3 is 14.5 Å². The fourth-order valence-electron chi connectivity index (χ4n) is 5.31. The quantitative estimate of drug-likeness (QED) is 0.423. The number of halogens is 3. The molecule has 1 aromatic heterocycles. The molecule has 3 heterocycles. The first-order chi connectivity index (χ1) is 18.6. The average Bonchev–Trinajstić information content (AvgIpc) is 3.29. The number of rotatable bonds is 5. The molecule has 3 aromatic rings. The highest BCUT2D eigenvalue weighted by atomic mass is 35.5. The summed E-state index contributed by atoms with van der Waals surface area (Å²) in [5.41, 5.74) is 3.30. The molecule has 39 heavy (non-hydrogen) atoms. The molecule has 5 rings (SSSR count). The minimum absolute atomic E-state index is 0.0490. The molecule has 8 nitrogen and oxygen atoms in total. The number of hydrogen-bond acceptors (Lipinski definition) is 5. The third-order valence-electron chi connectivity index (χ3n) is 7.43. The molecule has 1 unspecified atom stereocenters. The fourth-order valence-corrected chi connectivity index (χ4v) is 5.47. The van der Waals surface area contributed by atoms with Crippen LogP contribution in [-0.4, -0.2) is 50.6 Å². The van der Waals surface area contributed by atoms with E-state index in [0.29, 0.717) is 29.8 Å². The van der Waals surface area contributed by atoms with Crippen molar-refractivity contribution < 1.29 is 23.1 Å². The molecular weight excluding hydrogens is 528 g/mol. The summed E-state index contributed by atoms with van der Waals surface area (Å²) in [6, 6.07) is 12.3. The van der Waals surface area contributed by atoms with Crippen LogP contribution >= 0.6 is 11.6 Å². The number of fused-ring (bicyclic) bond motifs is 3. The predicted molar refractivity (Wildman–Crippen MR) is 139 cm³/mol. The van der Waals surface area contributed by atoms with Crippen LogP contribution in [0.15, 0.2) is 42.5 Å². The number of aromatic nitrogens is 2. The monoisotopic (exact) mass is 553 g/mol. The predicted octanol–water partition coefficient (Wildman–Crippen LogP) is 5.37. The molecule has 0 saturated carbocycles. The van der Waals surface area contributed by atoms with Crippen molar-refractivity contribution in [3.8, 4) is 11.8 Å². The van der Waals surface area contributed by atoms with Crippen molar-refractivity contribution >= 4 is 23.4 Å². The first kappa shape index (κ1) is 26.6. The Balaban J connectivity index is 1.43. The normalized spacial score (nSPS) is 19.4. The van der Waals surface area contributed by atoms with Crippen molar-refractivity contribution in [2.24, 2.45) is 0 Å². The second-order valence-corrected chi connectivity index (χ2v) is 10.3. The topological polar surface area (TPSA) is 91.5 Å². The van der Waals surface area contributed by atoms with Gasteiger partial charge in [-0.3, -0.25) is 14.3 Å². The fraction of sp³-hybridized carbons (Fsp3) is 0.357. The van der Waals surface area contributed by atoms with Gasteiger partial charge in [-0.25, -0.2) is 0 Å². The molecule has 0 spiro atoms. The zero-order chi connectivity index (χ0) is 28.0. The summed E-state index contributed by atoms with van der Waals surface area (Å²) in [5.74, 6) is -0.413. The lowest BCUT2D eigenvalue weighted by molar-refractivity contribution is -0.0498. The summed E-state index contributed by atoms with van der Waals surface area (Å²) < 4.78 is 31.3. The first-order valence-electron chi connectivity index (χ1n) is 12.6. The lowest BCUT2D eigenvalue weighted by Crippen LogP contribution is -2.45. The lowest BCUT2D eigenvalue weighted by Gasteiger charge is -2.37. The third-order valence-corrected chi connectivity index (χ3v) is 7.76. The smallest absolute Gasteiger partial charge is 0.387 e. The van der Waals surface area contributed by atoms with Crippen LogP contribution in [0.4, 0.5) is 8.78 Å². The summed E-state index contributed by atoms with van der Waals surface area (Å²) in [7, 11) is 0. The van der Waals surface area contributed by atoms with Crippen molar-refractivity contribution in [1.29, 1.82) is 5.26 Å². The van der Waals surface area contributed by atoms with E-state index in [9.17, 15) is 23.6 Å². The highest BCUT2D eigenvalue weighted by molar-refractivity contribution is 6.31. The number of nitrogens with zero attached hydrogens (tertiary/aromatic N) is 5. The van der Waals surface area contributed by atoms with Crippen LogP contribution in [0.3, 0.4) is 0 Å². The maximum atomic E-state index is 13.9. The Morgan fingerprint density at radius 2 is 1.90 bits per heavy atom. The number of nitriles is 1. The Morgan fingerprint density at radius 1 is 1.18 bits per heavy atom. The van der Waals surface area contributed by atoms with E-state index in [2.05, 4.69) is 4.74 Å². The molecule has 11 heteroatoms. The minimum Gasteiger partial charge on any atom is -0.435 e. The highest BCUT2D eigenvalue weighted by Crippen LogP contribution is 2.35. The van der Waals surface area contributed by atoms with E-state index >= 15 is 0 Å². The molecule has 0 fully saturated rings. The Labute approximate surface area is 229 Å². The van der Waals surface area contributed by atoms with E-state index in [1.807, 2.05) is 26.8 Å². The van der Waals surface area contributed by atoms with E-state index in [0.717, 1.165) is 11.3 Å². The maximum absolute atomic E-state index is 13.9. The molecule has 3 atom stereocenters. The van der Waals surface area contributed by atoms with Crippen molar-refractivity contribution in [2.45, 2.75) is 58.5 Å². The average molecular weight is 554 g/mol. The first-order valence-corrected chi connectivity index (χ1v) is 12.9. The van der Waals surface area contributed by atoms with Gasteiger partial charge >= 0.3 is 6.61 Å². The van der Waals surface area contributed by atoms with Crippen LogP contribution in [0.25, 0.3) is 0 Å². The molecule has 0 saturated heterocycles. The number of carbonyl (C=O) groups is 2. The molecule has 202 valence electrons. The van der Waals surface area contributed by atoms with Crippen molar-refractivity contribution in [3.63, 3.8) is 0 Å². The van der Waals surface area contributed by atoms with Gasteiger partial charge in [0, 0.05) is 30.1 Å². The van der Waals surface area contributed by atoms with E-state index < -0.39 is 6.61 Å². The van der Waals surface area contributed by atoms with E-state index in [1.165, 1.54) is 24.3 Å². The number of carbonyl (C=O) groups excluding carboxylic acids is 2.